The minimum absolute atomic E-state index is 0.00979. The second-order valence-corrected chi connectivity index (χ2v) is 9.85. The van der Waals surface area contributed by atoms with Crippen LogP contribution in [0.25, 0.3) is 0 Å². The van der Waals surface area contributed by atoms with Crippen molar-refractivity contribution >= 4 is 29.1 Å². The number of hydrogen-bond donors (Lipinski definition) is 4. The van der Waals surface area contributed by atoms with Crippen LogP contribution in [0.15, 0.2) is 36.5 Å². The van der Waals surface area contributed by atoms with Gasteiger partial charge in [-0.2, -0.15) is 0 Å². The lowest BCUT2D eigenvalue weighted by molar-refractivity contribution is 0.0924. The highest BCUT2D eigenvalue weighted by atomic mass is 16.2. The summed E-state index contributed by atoms with van der Waals surface area (Å²) in [6, 6.07) is 9.67. The molecule has 3 fully saturated rings. The van der Waals surface area contributed by atoms with Gasteiger partial charge in [-0.05, 0) is 75.9 Å². The molecule has 5 rings (SSSR count). The number of amides is 2. The summed E-state index contributed by atoms with van der Waals surface area (Å²) in [6.45, 7) is 3.27. The van der Waals surface area contributed by atoms with E-state index in [-0.39, 0.29) is 23.8 Å². The standard InChI is InChI=1S/C26H32N6O3/c1-15(33)17-3-7-24(29-13-17)32-20-4-5-21(32)12-19(11-20)31-26(35)16-2-6-22(25(27)34)23(10-16)30-18-8-9-28-14-18/h2-3,6-7,10,13,18-21,28,30H,4-5,8-9,11-12,14H2,1H3,(H2,27,34)(H,31,35)/t18?,19?,20-,21+. The van der Waals surface area contributed by atoms with Gasteiger partial charge in [-0.1, -0.05) is 0 Å². The number of anilines is 2. The molecule has 2 amide bonds. The van der Waals surface area contributed by atoms with Gasteiger partial charge in [0, 0.05) is 53.7 Å². The molecular formula is C26H32N6O3. The van der Waals surface area contributed by atoms with Crippen LogP contribution in [0.1, 0.15) is 70.1 Å². The SMILES string of the molecule is CC(=O)c1ccc(N2[C@@H]3CC[C@H]2CC(NC(=O)c2ccc(C(N)=O)c(NC4CCNC4)c2)C3)nc1. The van der Waals surface area contributed by atoms with Crippen molar-refractivity contribution in [1.82, 2.24) is 15.6 Å². The van der Waals surface area contributed by atoms with Crippen LogP contribution in [0.2, 0.25) is 0 Å². The summed E-state index contributed by atoms with van der Waals surface area (Å²) in [5.74, 6) is 0.247. The molecule has 3 saturated heterocycles. The molecule has 9 nitrogen and oxygen atoms in total. The van der Waals surface area contributed by atoms with Crippen molar-refractivity contribution in [3.8, 4) is 0 Å². The second kappa shape index (κ2) is 9.65. The van der Waals surface area contributed by atoms with Gasteiger partial charge in [-0.15, -0.1) is 0 Å². The number of nitrogens with zero attached hydrogens (tertiary/aromatic N) is 2. The average Bonchev–Trinajstić information content (AvgIpc) is 3.44. The first-order chi connectivity index (χ1) is 16.9. The number of nitrogens with one attached hydrogen (secondary N) is 3. The Morgan fingerprint density at radius 2 is 1.77 bits per heavy atom. The van der Waals surface area contributed by atoms with E-state index in [0.29, 0.717) is 34.5 Å². The van der Waals surface area contributed by atoms with Crippen LogP contribution in [0.3, 0.4) is 0 Å². The quantitative estimate of drug-likeness (QED) is 0.450. The maximum Gasteiger partial charge on any atom is 0.251 e. The van der Waals surface area contributed by atoms with E-state index in [2.05, 4.69) is 25.8 Å². The summed E-state index contributed by atoms with van der Waals surface area (Å²) in [6.07, 6.45) is 6.40. The second-order valence-electron chi connectivity index (χ2n) is 9.85. The molecule has 1 aromatic carbocycles. The van der Waals surface area contributed by atoms with Gasteiger partial charge >= 0.3 is 0 Å². The third-order valence-electron chi connectivity index (χ3n) is 7.45. The predicted octanol–water partition coefficient (Wildman–Crippen LogP) is 2.09. The number of benzene rings is 1. The maximum atomic E-state index is 13.1. The van der Waals surface area contributed by atoms with Crippen LogP contribution in [-0.2, 0) is 0 Å². The third-order valence-corrected chi connectivity index (χ3v) is 7.45. The zero-order valence-corrected chi connectivity index (χ0v) is 19.9. The number of rotatable bonds is 7. The van der Waals surface area contributed by atoms with Crippen molar-refractivity contribution in [1.29, 1.82) is 0 Å². The van der Waals surface area contributed by atoms with Crippen LogP contribution in [0.4, 0.5) is 11.5 Å². The Morgan fingerprint density at radius 3 is 2.37 bits per heavy atom. The first-order valence-electron chi connectivity index (χ1n) is 12.4. The van der Waals surface area contributed by atoms with Gasteiger partial charge in [0.25, 0.3) is 11.8 Å². The van der Waals surface area contributed by atoms with Gasteiger partial charge in [-0.3, -0.25) is 14.4 Å². The molecule has 35 heavy (non-hydrogen) atoms. The Kier molecular flexibility index (Phi) is 6.42. The molecule has 5 N–H and O–H groups in total. The van der Waals surface area contributed by atoms with Gasteiger partial charge < -0.3 is 26.6 Å². The number of aromatic nitrogens is 1. The number of carbonyl (C=O) groups excluding carboxylic acids is 3. The summed E-state index contributed by atoms with van der Waals surface area (Å²) >= 11 is 0. The number of primary amides is 1. The molecular weight excluding hydrogens is 444 g/mol. The largest absolute Gasteiger partial charge is 0.380 e. The molecule has 0 saturated carbocycles. The van der Waals surface area contributed by atoms with Crippen molar-refractivity contribution in [3.63, 3.8) is 0 Å². The average molecular weight is 477 g/mol. The number of hydrogen-bond acceptors (Lipinski definition) is 7. The lowest BCUT2D eigenvalue weighted by atomic mass is 9.96. The monoisotopic (exact) mass is 476 g/mol. The van der Waals surface area contributed by atoms with E-state index in [0.717, 1.165) is 51.0 Å². The Balaban J connectivity index is 1.26. The minimum atomic E-state index is -0.515. The van der Waals surface area contributed by atoms with Gasteiger partial charge in [0.1, 0.15) is 5.82 Å². The number of ketones is 1. The summed E-state index contributed by atoms with van der Waals surface area (Å²) < 4.78 is 0. The number of piperidine rings is 1. The molecule has 3 aliphatic heterocycles. The van der Waals surface area contributed by atoms with Crippen LogP contribution < -0.4 is 26.6 Å². The summed E-state index contributed by atoms with van der Waals surface area (Å²) in [5, 5.41) is 9.87. The molecule has 0 radical (unpaired) electrons. The van der Waals surface area contributed by atoms with E-state index < -0.39 is 5.91 Å². The van der Waals surface area contributed by atoms with Crippen LogP contribution in [0.5, 0.6) is 0 Å². The van der Waals surface area contributed by atoms with Crippen molar-refractivity contribution in [2.24, 2.45) is 5.73 Å². The molecule has 9 heteroatoms. The zero-order chi connectivity index (χ0) is 24.5. The predicted molar refractivity (Wildman–Crippen MR) is 134 cm³/mol. The third kappa shape index (κ3) is 4.86. The number of pyridine rings is 1. The fourth-order valence-corrected chi connectivity index (χ4v) is 5.70. The Hall–Kier alpha value is -3.46. The summed E-state index contributed by atoms with van der Waals surface area (Å²) in [4.78, 5) is 43.5. The van der Waals surface area contributed by atoms with Crippen LogP contribution >= 0.6 is 0 Å². The minimum Gasteiger partial charge on any atom is -0.380 e. The number of nitrogens with two attached hydrogens (primary N) is 1. The van der Waals surface area contributed by atoms with E-state index >= 15 is 0 Å². The Morgan fingerprint density at radius 1 is 1.03 bits per heavy atom. The number of fused-ring (bicyclic) bond motifs is 2. The highest BCUT2D eigenvalue weighted by molar-refractivity contribution is 6.02. The fourth-order valence-electron chi connectivity index (χ4n) is 5.70. The lowest BCUT2D eigenvalue weighted by Crippen LogP contribution is -2.50. The zero-order valence-electron chi connectivity index (χ0n) is 19.9. The number of Topliss-reactive ketones (excluding diaryl/α,β-unsaturated/α-hetero) is 1. The lowest BCUT2D eigenvalue weighted by Gasteiger charge is -2.40. The van der Waals surface area contributed by atoms with Crippen LogP contribution in [0, 0.1) is 0 Å². The Labute approximate surface area is 204 Å². The van der Waals surface area contributed by atoms with Crippen LogP contribution in [-0.4, -0.2) is 59.8 Å². The van der Waals surface area contributed by atoms with Crippen molar-refractivity contribution in [2.45, 2.75) is 63.2 Å². The number of carbonyl (C=O) groups is 3. The normalized spacial score (nSPS) is 25.3. The molecule has 4 atom stereocenters. The van der Waals surface area contributed by atoms with E-state index in [1.807, 2.05) is 12.1 Å². The molecule has 1 aromatic heterocycles. The summed E-state index contributed by atoms with van der Waals surface area (Å²) in [5.41, 5.74) is 7.69. The van der Waals surface area contributed by atoms with Gasteiger partial charge in [0.2, 0.25) is 0 Å². The fraction of sp³-hybridized carbons (Fsp3) is 0.462. The molecule has 3 aliphatic rings. The van der Waals surface area contributed by atoms with E-state index in [1.54, 1.807) is 31.3 Å². The van der Waals surface area contributed by atoms with E-state index in [4.69, 9.17) is 5.73 Å². The highest BCUT2D eigenvalue weighted by Crippen LogP contribution is 2.38. The molecule has 2 bridgehead atoms. The summed E-state index contributed by atoms with van der Waals surface area (Å²) in [7, 11) is 0. The molecule has 2 aromatic rings. The molecule has 4 heterocycles. The van der Waals surface area contributed by atoms with Gasteiger partial charge in [-0.25, -0.2) is 4.98 Å². The highest BCUT2D eigenvalue weighted by Gasteiger charge is 2.41. The first kappa shape index (κ1) is 23.3. The Bertz CT molecular complexity index is 1110. The van der Waals surface area contributed by atoms with Crippen molar-refractivity contribution < 1.29 is 14.4 Å². The van der Waals surface area contributed by atoms with E-state index in [9.17, 15) is 14.4 Å². The van der Waals surface area contributed by atoms with E-state index in [1.165, 1.54) is 0 Å². The maximum absolute atomic E-state index is 13.1. The van der Waals surface area contributed by atoms with Crippen molar-refractivity contribution in [3.05, 3.63) is 53.2 Å². The molecule has 184 valence electrons. The molecule has 2 unspecified atom stereocenters. The smallest absolute Gasteiger partial charge is 0.251 e. The van der Waals surface area contributed by atoms with Crippen molar-refractivity contribution in [2.75, 3.05) is 23.3 Å². The van der Waals surface area contributed by atoms with Gasteiger partial charge in [0.15, 0.2) is 5.78 Å². The molecule has 0 aliphatic carbocycles. The topological polar surface area (TPSA) is 129 Å². The molecule has 0 spiro atoms. The van der Waals surface area contributed by atoms with Gasteiger partial charge in [0.05, 0.1) is 5.56 Å². The first-order valence-corrected chi connectivity index (χ1v) is 12.4.